The molecule has 2 aromatic carbocycles. The van der Waals surface area contributed by atoms with Crippen LogP contribution >= 0.6 is 39.1 Å². The molecule has 0 bridgehead atoms. The minimum atomic E-state index is 0.000702. The van der Waals surface area contributed by atoms with Crippen LogP contribution in [0.1, 0.15) is 57.6 Å². The molecular weight excluding hydrogens is 497 g/mol. The molecule has 166 valence electrons. The van der Waals surface area contributed by atoms with Gasteiger partial charge in [-0.15, -0.1) is 0 Å². The molecule has 1 atom stereocenters. The average molecular weight is 525 g/mol. The fraction of sp³-hybridized carbons (Fsp3) is 0.417. The zero-order valence-corrected chi connectivity index (χ0v) is 21.0. The second-order valence-electron chi connectivity index (χ2n) is 7.87. The van der Waals surface area contributed by atoms with Crippen LogP contribution < -0.4 is 10.3 Å². The molecule has 1 aliphatic rings. The molecule has 0 radical (unpaired) electrons. The Morgan fingerprint density at radius 1 is 1.16 bits per heavy atom. The van der Waals surface area contributed by atoms with Crippen molar-refractivity contribution in [3.8, 4) is 0 Å². The van der Waals surface area contributed by atoms with E-state index in [4.69, 9.17) is 28.3 Å². The number of anilines is 1. The summed E-state index contributed by atoms with van der Waals surface area (Å²) in [7, 11) is 0. The lowest BCUT2D eigenvalue weighted by atomic mass is 9.97. The number of carbonyl (C=O) groups is 1. The number of hydrogen-bond donors (Lipinski definition) is 1. The first-order valence-electron chi connectivity index (χ1n) is 10.8. The highest BCUT2D eigenvalue weighted by Crippen LogP contribution is 2.39. The lowest BCUT2D eigenvalue weighted by Crippen LogP contribution is -2.34. The molecule has 1 aliphatic heterocycles. The third kappa shape index (κ3) is 6.24. The van der Waals surface area contributed by atoms with Gasteiger partial charge in [-0.2, -0.15) is 5.10 Å². The van der Waals surface area contributed by atoms with Crippen LogP contribution in [-0.4, -0.2) is 18.2 Å². The number of amides is 1. The van der Waals surface area contributed by atoms with Crippen LogP contribution in [0.25, 0.3) is 0 Å². The van der Waals surface area contributed by atoms with E-state index in [9.17, 15) is 4.79 Å². The van der Waals surface area contributed by atoms with Crippen LogP contribution in [0.3, 0.4) is 0 Å². The molecule has 7 heteroatoms. The molecule has 2 aromatic rings. The predicted molar refractivity (Wildman–Crippen MR) is 134 cm³/mol. The molecule has 1 unspecified atom stereocenters. The number of benzene rings is 2. The summed E-state index contributed by atoms with van der Waals surface area (Å²) in [6.07, 6.45) is 4.56. The highest BCUT2D eigenvalue weighted by Gasteiger charge is 2.31. The maximum atomic E-state index is 12.7. The van der Waals surface area contributed by atoms with E-state index >= 15 is 0 Å². The van der Waals surface area contributed by atoms with E-state index in [1.165, 1.54) is 0 Å². The summed E-state index contributed by atoms with van der Waals surface area (Å²) in [6.45, 7) is 4.68. The van der Waals surface area contributed by atoms with E-state index in [0.717, 1.165) is 47.1 Å². The molecular formula is C24H28BrCl2N3O. The van der Waals surface area contributed by atoms with Crippen molar-refractivity contribution in [2.45, 2.75) is 52.0 Å². The van der Waals surface area contributed by atoms with Crippen molar-refractivity contribution in [2.24, 2.45) is 11.0 Å². The Kier molecular flexibility index (Phi) is 8.82. The van der Waals surface area contributed by atoms with E-state index < -0.39 is 0 Å². The summed E-state index contributed by atoms with van der Waals surface area (Å²) in [4.78, 5) is 12.7. The minimum absolute atomic E-state index is 0.000702. The van der Waals surface area contributed by atoms with Crippen LogP contribution in [-0.2, 0) is 4.79 Å². The molecule has 3 rings (SSSR count). The van der Waals surface area contributed by atoms with Crippen LogP contribution in [0.5, 0.6) is 0 Å². The van der Waals surface area contributed by atoms with E-state index in [1.54, 1.807) is 6.07 Å². The largest absolute Gasteiger partial charge is 0.350 e. The van der Waals surface area contributed by atoms with Gasteiger partial charge in [-0.05, 0) is 48.7 Å². The zero-order chi connectivity index (χ0) is 22.4. The standard InChI is InChI=1S/C24H28BrCl2N3O/c1-3-5-17(6-4-2)24(31)28-15-20-14-23(16-7-9-18(25)10-8-16)30(29-20)22-12-11-19(26)13-21(22)27/h7-13,17,23H,3-6,14-15H2,1-2H3,(H,28,31). The van der Waals surface area contributed by atoms with Crippen molar-refractivity contribution in [1.29, 1.82) is 0 Å². The highest BCUT2D eigenvalue weighted by atomic mass is 79.9. The number of carbonyl (C=O) groups excluding carboxylic acids is 1. The predicted octanol–water partition coefficient (Wildman–Crippen LogP) is 7.40. The monoisotopic (exact) mass is 523 g/mol. The Morgan fingerprint density at radius 2 is 1.84 bits per heavy atom. The van der Waals surface area contributed by atoms with Crippen molar-refractivity contribution in [3.63, 3.8) is 0 Å². The van der Waals surface area contributed by atoms with Gasteiger partial charge in [0.25, 0.3) is 0 Å². The Balaban J connectivity index is 1.81. The number of rotatable bonds is 9. The van der Waals surface area contributed by atoms with Gasteiger partial charge >= 0.3 is 0 Å². The minimum Gasteiger partial charge on any atom is -0.350 e. The van der Waals surface area contributed by atoms with Crippen molar-refractivity contribution in [1.82, 2.24) is 5.32 Å². The fourth-order valence-electron chi connectivity index (χ4n) is 3.95. The first kappa shape index (κ1) is 24.1. The van der Waals surface area contributed by atoms with Crippen LogP contribution in [0.2, 0.25) is 10.0 Å². The van der Waals surface area contributed by atoms with Crippen LogP contribution in [0, 0.1) is 5.92 Å². The number of nitrogens with one attached hydrogen (secondary N) is 1. The molecule has 4 nitrogen and oxygen atoms in total. The zero-order valence-electron chi connectivity index (χ0n) is 17.9. The second-order valence-corrected chi connectivity index (χ2v) is 9.63. The van der Waals surface area contributed by atoms with E-state index in [2.05, 4.69) is 47.2 Å². The first-order valence-corrected chi connectivity index (χ1v) is 12.3. The average Bonchev–Trinajstić information content (AvgIpc) is 3.16. The Hall–Kier alpha value is -1.56. The molecule has 0 spiro atoms. The van der Waals surface area contributed by atoms with Crippen LogP contribution in [0.15, 0.2) is 52.0 Å². The summed E-state index contributed by atoms with van der Waals surface area (Å²) >= 11 is 16.1. The topological polar surface area (TPSA) is 44.7 Å². The molecule has 0 saturated heterocycles. The third-order valence-corrected chi connectivity index (χ3v) is 6.56. The fourth-order valence-corrected chi connectivity index (χ4v) is 4.71. The van der Waals surface area contributed by atoms with Gasteiger partial charge in [-0.3, -0.25) is 9.80 Å². The summed E-state index contributed by atoms with van der Waals surface area (Å²) in [5.74, 6) is 0.190. The van der Waals surface area contributed by atoms with E-state index in [-0.39, 0.29) is 17.9 Å². The van der Waals surface area contributed by atoms with Crippen molar-refractivity contribution in [2.75, 3.05) is 11.6 Å². The van der Waals surface area contributed by atoms with Gasteiger partial charge in [0.2, 0.25) is 5.91 Å². The maximum absolute atomic E-state index is 12.7. The quantitative estimate of drug-likeness (QED) is 0.371. The smallest absolute Gasteiger partial charge is 0.223 e. The Bertz CT molecular complexity index is 927. The molecule has 0 fully saturated rings. The number of halogens is 3. The number of hydrogen-bond acceptors (Lipinski definition) is 3. The first-order chi connectivity index (χ1) is 14.9. The van der Waals surface area contributed by atoms with Gasteiger partial charge in [0.15, 0.2) is 0 Å². The molecule has 1 N–H and O–H groups in total. The lowest BCUT2D eigenvalue weighted by molar-refractivity contribution is -0.125. The molecule has 0 saturated carbocycles. The van der Waals surface area contributed by atoms with E-state index in [0.29, 0.717) is 23.0 Å². The van der Waals surface area contributed by atoms with Gasteiger partial charge in [0, 0.05) is 21.8 Å². The van der Waals surface area contributed by atoms with Crippen molar-refractivity contribution in [3.05, 3.63) is 62.5 Å². The Labute approximate surface area is 203 Å². The van der Waals surface area contributed by atoms with Gasteiger partial charge in [0.05, 0.1) is 29.0 Å². The SMILES string of the molecule is CCCC(CCC)C(=O)NCC1=NN(c2ccc(Cl)cc2Cl)C(c2ccc(Br)cc2)C1. The maximum Gasteiger partial charge on any atom is 0.223 e. The third-order valence-electron chi connectivity index (χ3n) is 5.50. The number of hydrazone groups is 1. The van der Waals surface area contributed by atoms with Gasteiger partial charge in [-0.1, -0.05) is 78.0 Å². The highest BCUT2D eigenvalue weighted by molar-refractivity contribution is 9.10. The molecule has 31 heavy (non-hydrogen) atoms. The molecule has 1 amide bonds. The lowest BCUT2D eigenvalue weighted by Gasteiger charge is -2.25. The van der Waals surface area contributed by atoms with Crippen LogP contribution in [0.4, 0.5) is 5.69 Å². The van der Waals surface area contributed by atoms with Crippen molar-refractivity contribution >= 4 is 56.4 Å². The van der Waals surface area contributed by atoms with Gasteiger partial charge in [-0.25, -0.2) is 0 Å². The summed E-state index contributed by atoms with van der Waals surface area (Å²) < 4.78 is 1.02. The summed E-state index contributed by atoms with van der Waals surface area (Å²) in [6, 6.07) is 13.7. The van der Waals surface area contributed by atoms with Crippen molar-refractivity contribution < 1.29 is 4.79 Å². The Morgan fingerprint density at radius 3 is 2.45 bits per heavy atom. The molecule has 1 heterocycles. The second kappa shape index (κ2) is 11.3. The number of nitrogens with zero attached hydrogens (tertiary/aromatic N) is 2. The van der Waals surface area contributed by atoms with Gasteiger partial charge < -0.3 is 5.32 Å². The molecule has 0 aliphatic carbocycles. The normalized spacial score (nSPS) is 16.0. The van der Waals surface area contributed by atoms with Gasteiger partial charge in [0.1, 0.15) is 0 Å². The summed E-state index contributed by atoms with van der Waals surface area (Å²) in [5.41, 5.74) is 2.86. The summed E-state index contributed by atoms with van der Waals surface area (Å²) in [5, 5.41) is 11.0. The van der Waals surface area contributed by atoms with E-state index in [1.807, 2.05) is 29.3 Å². The molecule has 0 aromatic heterocycles.